The molecule has 1 aromatic rings. The molecule has 2 heteroatoms. The van der Waals surface area contributed by atoms with Gasteiger partial charge in [-0.3, -0.25) is 0 Å². The van der Waals surface area contributed by atoms with Gasteiger partial charge < -0.3 is 0 Å². The van der Waals surface area contributed by atoms with Crippen LogP contribution in [0, 0.1) is 12.8 Å². The molecule has 0 N–H and O–H groups in total. The van der Waals surface area contributed by atoms with Crippen molar-refractivity contribution in [3.05, 3.63) is 22.5 Å². The van der Waals surface area contributed by atoms with Gasteiger partial charge in [0.15, 0.2) is 0 Å². The Kier molecular flexibility index (Phi) is 3.80. The van der Waals surface area contributed by atoms with E-state index in [1.807, 2.05) is 0 Å². The third-order valence-corrected chi connectivity index (χ3v) is 3.98. The Morgan fingerprint density at radius 1 is 1.06 bits per heavy atom. The summed E-state index contributed by atoms with van der Waals surface area (Å²) >= 11 is 0. The Hall–Kier alpha value is -0.920. The van der Waals surface area contributed by atoms with Gasteiger partial charge >= 0.3 is 0 Å². The first-order valence-electron chi connectivity index (χ1n) is 6.94. The lowest BCUT2D eigenvalue weighted by molar-refractivity contribution is 0.458. The lowest BCUT2D eigenvalue weighted by atomic mass is 9.85. The topological polar surface area (TPSA) is 25.8 Å². The molecule has 1 aliphatic carbocycles. The standard InChI is InChI=1S/C15H24N2/c1-10(2)15-14-7-5-6-11(3)8-9-13(14)12(4)16-17-15/h10-11H,5-9H2,1-4H3. The Bertz CT molecular complexity index is 396. The van der Waals surface area contributed by atoms with Crippen LogP contribution in [-0.4, -0.2) is 10.2 Å². The van der Waals surface area contributed by atoms with Crippen LogP contribution in [0.2, 0.25) is 0 Å². The molecule has 0 amide bonds. The normalized spacial score (nSPS) is 20.9. The Morgan fingerprint density at radius 2 is 1.82 bits per heavy atom. The molecule has 1 heterocycles. The second-order valence-electron chi connectivity index (χ2n) is 5.82. The van der Waals surface area contributed by atoms with E-state index in [-0.39, 0.29) is 0 Å². The van der Waals surface area contributed by atoms with Crippen molar-refractivity contribution in [3.63, 3.8) is 0 Å². The van der Waals surface area contributed by atoms with Gasteiger partial charge in [-0.1, -0.05) is 27.2 Å². The van der Waals surface area contributed by atoms with Gasteiger partial charge in [0.25, 0.3) is 0 Å². The van der Waals surface area contributed by atoms with E-state index in [1.54, 1.807) is 0 Å². The number of aromatic nitrogens is 2. The van der Waals surface area contributed by atoms with Gasteiger partial charge in [0.2, 0.25) is 0 Å². The molecule has 94 valence electrons. The maximum absolute atomic E-state index is 4.43. The quantitative estimate of drug-likeness (QED) is 0.735. The summed E-state index contributed by atoms with van der Waals surface area (Å²) in [7, 11) is 0. The van der Waals surface area contributed by atoms with Crippen molar-refractivity contribution in [2.45, 2.75) is 65.7 Å². The van der Waals surface area contributed by atoms with Crippen molar-refractivity contribution in [3.8, 4) is 0 Å². The van der Waals surface area contributed by atoms with Crippen LogP contribution < -0.4 is 0 Å². The average Bonchev–Trinajstić information content (AvgIpc) is 2.24. The molecule has 1 aliphatic rings. The maximum atomic E-state index is 4.43. The van der Waals surface area contributed by atoms with E-state index >= 15 is 0 Å². The van der Waals surface area contributed by atoms with Crippen molar-refractivity contribution < 1.29 is 0 Å². The Morgan fingerprint density at radius 3 is 2.53 bits per heavy atom. The van der Waals surface area contributed by atoms with Gasteiger partial charge in [-0.05, 0) is 55.6 Å². The lowest BCUT2D eigenvalue weighted by Crippen LogP contribution is -2.13. The molecule has 1 unspecified atom stereocenters. The van der Waals surface area contributed by atoms with Gasteiger partial charge in [0.05, 0.1) is 11.4 Å². The van der Waals surface area contributed by atoms with Crippen molar-refractivity contribution in [1.82, 2.24) is 10.2 Å². The summed E-state index contributed by atoms with van der Waals surface area (Å²) in [6, 6.07) is 0. The first kappa shape index (κ1) is 12.5. The minimum Gasteiger partial charge on any atom is -0.155 e. The molecule has 17 heavy (non-hydrogen) atoms. The van der Waals surface area contributed by atoms with Crippen molar-refractivity contribution >= 4 is 0 Å². The molecule has 0 saturated carbocycles. The second kappa shape index (κ2) is 5.16. The van der Waals surface area contributed by atoms with Crippen LogP contribution in [0.5, 0.6) is 0 Å². The molecule has 0 spiro atoms. The summed E-state index contributed by atoms with van der Waals surface area (Å²) in [6.45, 7) is 8.93. The first-order valence-corrected chi connectivity index (χ1v) is 6.94. The van der Waals surface area contributed by atoms with Gasteiger partial charge in [-0.25, -0.2) is 0 Å². The summed E-state index contributed by atoms with van der Waals surface area (Å²) in [4.78, 5) is 0. The highest BCUT2D eigenvalue weighted by molar-refractivity contribution is 5.34. The fourth-order valence-electron chi connectivity index (χ4n) is 2.86. The molecule has 0 saturated heterocycles. The molecular weight excluding hydrogens is 208 g/mol. The number of nitrogens with zero attached hydrogens (tertiary/aromatic N) is 2. The molecule has 2 rings (SSSR count). The van der Waals surface area contributed by atoms with Gasteiger partial charge in [0, 0.05) is 0 Å². The predicted molar refractivity (Wildman–Crippen MR) is 71.3 cm³/mol. The Labute approximate surface area is 105 Å². The molecule has 0 aromatic carbocycles. The van der Waals surface area contributed by atoms with Crippen LogP contribution in [0.4, 0.5) is 0 Å². The zero-order chi connectivity index (χ0) is 12.4. The van der Waals surface area contributed by atoms with Gasteiger partial charge in [-0.15, -0.1) is 0 Å². The molecule has 0 bridgehead atoms. The SMILES string of the molecule is Cc1nnc(C(C)C)c2c1CCC(C)CCC2. The largest absolute Gasteiger partial charge is 0.155 e. The number of aryl methyl sites for hydroxylation is 1. The zero-order valence-corrected chi connectivity index (χ0v) is 11.6. The molecule has 1 aromatic heterocycles. The highest BCUT2D eigenvalue weighted by atomic mass is 15.1. The molecule has 0 radical (unpaired) electrons. The molecule has 0 fully saturated rings. The Balaban J connectivity index is 2.42. The van der Waals surface area contributed by atoms with Crippen LogP contribution >= 0.6 is 0 Å². The van der Waals surface area contributed by atoms with E-state index in [9.17, 15) is 0 Å². The highest BCUT2D eigenvalue weighted by Crippen LogP contribution is 2.29. The maximum Gasteiger partial charge on any atom is 0.0691 e. The van der Waals surface area contributed by atoms with Crippen LogP contribution in [-0.2, 0) is 12.8 Å². The zero-order valence-electron chi connectivity index (χ0n) is 11.6. The van der Waals surface area contributed by atoms with Crippen LogP contribution in [0.3, 0.4) is 0 Å². The van der Waals surface area contributed by atoms with Crippen LogP contribution in [0.15, 0.2) is 0 Å². The van der Waals surface area contributed by atoms with Crippen molar-refractivity contribution in [2.24, 2.45) is 5.92 Å². The number of hydrogen-bond donors (Lipinski definition) is 0. The fraction of sp³-hybridized carbons (Fsp3) is 0.733. The third kappa shape index (κ3) is 2.67. The smallest absolute Gasteiger partial charge is 0.0691 e. The van der Waals surface area contributed by atoms with Crippen molar-refractivity contribution in [1.29, 1.82) is 0 Å². The second-order valence-corrected chi connectivity index (χ2v) is 5.82. The summed E-state index contributed by atoms with van der Waals surface area (Å²) in [5, 5.41) is 8.79. The summed E-state index contributed by atoms with van der Waals surface area (Å²) in [6.07, 6.45) is 6.36. The summed E-state index contributed by atoms with van der Waals surface area (Å²) in [5.74, 6) is 1.35. The van der Waals surface area contributed by atoms with E-state index in [0.717, 1.165) is 11.6 Å². The highest BCUT2D eigenvalue weighted by Gasteiger charge is 2.19. The molecule has 0 aliphatic heterocycles. The minimum absolute atomic E-state index is 0.494. The third-order valence-electron chi connectivity index (χ3n) is 3.98. The van der Waals surface area contributed by atoms with E-state index in [2.05, 4.69) is 37.9 Å². The van der Waals surface area contributed by atoms with E-state index in [4.69, 9.17) is 0 Å². The van der Waals surface area contributed by atoms with Gasteiger partial charge in [0.1, 0.15) is 0 Å². The molecule has 2 nitrogen and oxygen atoms in total. The number of fused-ring (bicyclic) bond motifs is 1. The summed E-state index contributed by atoms with van der Waals surface area (Å²) in [5.41, 5.74) is 5.40. The molecular formula is C15H24N2. The predicted octanol–water partition coefficient (Wildman–Crippen LogP) is 3.81. The lowest BCUT2D eigenvalue weighted by Gasteiger charge is -2.22. The van der Waals surface area contributed by atoms with E-state index in [1.165, 1.54) is 48.9 Å². The first-order chi connectivity index (χ1) is 8.09. The summed E-state index contributed by atoms with van der Waals surface area (Å²) < 4.78 is 0. The fourth-order valence-corrected chi connectivity index (χ4v) is 2.86. The monoisotopic (exact) mass is 232 g/mol. The molecule has 1 atom stereocenters. The van der Waals surface area contributed by atoms with E-state index < -0.39 is 0 Å². The van der Waals surface area contributed by atoms with Crippen LogP contribution in [0.25, 0.3) is 0 Å². The minimum atomic E-state index is 0.494. The van der Waals surface area contributed by atoms with Crippen molar-refractivity contribution in [2.75, 3.05) is 0 Å². The van der Waals surface area contributed by atoms with Crippen LogP contribution in [0.1, 0.15) is 68.5 Å². The average molecular weight is 232 g/mol. The van der Waals surface area contributed by atoms with Gasteiger partial charge in [-0.2, -0.15) is 10.2 Å². The number of hydrogen-bond acceptors (Lipinski definition) is 2. The van der Waals surface area contributed by atoms with E-state index in [0.29, 0.717) is 5.92 Å². The number of rotatable bonds is 1.